The first kappa shape index (κ1) is 14.6. The van der Waals surface area contributed by atoms with E-state index in [1.54, 1.807) is 6.92 Å². The van der Waals surface area contributed by atoms with Crippen LogP contribution in [0.5, 0.6) is 0 Å². The smallest absolute Gasteiger partial charge is 0.356 e. The molecule has 0 bridgehead atoms. The zero-order valence-electron chi connectivity index (χ0n) is 10.4. The fourth-order valence-electron chi connectivity index (χ4n) is 1.18. The highest BCUT2D eigenvalue weighted by atomic mass is 32.2. The largest absolute Gasteiger partial charge is 0.469 e. The Labute approximate surface area is 109 Å². The summed E-state index contributed by atoms with van der Waals surface area (Å²) < 4.78 is 9.36. The summed E-state index contributed by atoms with van der Waals surface area (Å²) in [5, 5.41) is 0.642. The van der Waals surface area contributed by atoms with Crippen LogP contribution in [0, 0.1) is 0 Å². The first-order valence-corrected chi connectivity index (χ1v) is 6.57. The molecule has 7 heteroatoms. The summed E-state index contributed by atoms with van der Waals surface area (Å²) in [5.41, 5.74) is 0.340. The number of methoxy groups -OCH3 is 1. The average molecular weight is 272 g/mol. The number of hydrogen-bond acceptors (Lipinski definition) is 6. The van der Waals surface area contributed by atoms with Crippen LogP contribution in [0.3, 0.4) is 0 Å². The molecule has 0 saturated carbocycles. The molecule has 0 radical (unpaired) electrons. The van der Waals surface area contributed by atoms with E-state index in [0.717, 1.165) is 5.75 Å². The number of nitrogens with zero attached hydrogens (tertiary/aromatic N) is 1. The molecule has 0 aliphatic heterocycles. The molecule has 0 aliphatic rings. The van der Waals surface area contributed by atoms with Crippen molar-refractivity contribution in [3.8, 4) is 0 Å². The SMILES string of the molecule is CCOC(=O)c1cnc(SCCCC(=O)OC)[nH]1. The number of H-pyrrole nitrogens is 1. The Hall–Kier alpha value is -1.50. The van der Waals surface area contributed by atoms with Crippen LogP contribution >= 0.6 is 11.8 Å². The summed E-state index contributed by atoms with van der Waals surface area (Å²) in [5.74, 6) is 0.0962. The number of ether oxygens (including phenoxy) is 2. The molecule has 1 heterocycles. The molecule has 0 spiro atoms. The normalized spacial score (nSPS) is 10.1. The third-order valence-corrected chi connectivity index (χ3v) is 3.01. The monoisotopic (exact) mass is 272 g/mol. The van der Waals surface area contributed by atoms with Crippen molar-refractivity contribution >= 4 is 23.7 Å². The second-order valence-electron chi connectivity index (χ2n) is 3.35. The lowest BCUT2D eigenvalue weighted by Gasteiger charge is -1.99. The molecule has 0 saturated heterocycles. The number of aromatic nitrogens is 2. The van der Waals surface area contributed by atoms with Gasteiger partial charge >= 0.3 is 11.9 Å². The molecule has 100 valence electrons. The van der Waals surface area contributed by atoms with Gasteiger partial charge < -0.3 is 14.5 Å². The van der Waals surface area contributed by atoms with Crippen molar-refractivity contribution in [3.05, 3.63) is 11.9 Å². The number of hydrogen-bond donors (Lipinski definition) is 1. The Bertz CT molecular complexity index is 406. The van der Waals surface area contributed by atoms with E-state index in [1.165, 1.54) is 25.1 Å². The van der Waals surface area contributed by atoms with Gasteiger partial charge in [0, 0.05) is 12.2 Å². The van der Waals surface area contributed by atoms with E-state index >= 15 is 0 Å². The van der Waals surface area contributed by atoms with Crippen LogP contribution in [0.2, 0.25) is 0 Å². The maximum Gasteiger partial charge on any atom is 0.356 e. The molecule has 1 aromatic heterocycles. The minimum Gasteiger partial charge on any atom is -0.469 e. The number of esters is 2. The molecular weight excluding hydrogens is 256 g/mol. The predicted molar refractivity (Wildman–Crippen MR) is 66.5 cm³/mol. The maximum atomic E-state index is 11.4. The van der Waals surface area contributed by atoms with E-state index < -0.39 is 5.97 Å². The van der Waals surface area contributed by atoms with E-state index in [2.05, 4.69) is 14.7 Å². The van der Waals surface area contributed by atoms with Gasteiger partial charge in [0.15, 0.2) is 5.16 Å². The van der Waals surface area contributed by atoms with E-state index in [4.69, 9.17) is 4.74 Å². The summed E-state index contributed by atoms with van der Waals surface area (Å²) in [7, 11) is 1.37. The number of carbonyl (C=O) groups excluding carboxylic acids is 2. The highest BCUT2D eigenvalue weighted by Gasteiger charge is 2.10. The van der Waals surface area contributed by atoms with Gasteiger partial charge in [-0.2, -0.15) is 0 Å². The van der Waals surface area contributed by atoms with Gasteiger partial charge in [-0.1, -0.05) is 11.8 Å². The second-order valence-corrected chi connectivity index (χ2v) is 4.43. The van der Waals surface area contributed by atoms with Crippen molar-refractivity contribution in [3.63, 3.8) is 0 Å². The average Bonchev–Trinajstić information content (AvgIpc) is 2.83. The topological polar surface area (TPSA) is 81.3 Å². The van der Waals surface area contributed by atoms with Crippen molar-refractivity contribution in [1.29, 1.82) is 0 Å². The van der Waals surface area contributed by atoms with Crippen LogP contribution in [0.15, 0.2) is 11.4 Å². The lowest BCUT2D eigenvalue weighted by atomic mass is 10.3. The van der Waals surface area contributed by atoms with Crippen molar-refractivity contribution in [1.82, 2.24) is 9.97 Å². The van der Waals surface area contributed by atoms with Crippen molar-refractivity contribution in [2.75, 3.05) is 19.5 Å². The predicted octanol–water partition coefficient (Wildman–Crippen LogP) is 1.63. The molecule has 1 N–H and O–H groups in total. The summed E-state index contributed by atoms with van der Waals surface area (Å²) in [6.45, 7) is 2.08. The van der Waals surface area contributed by atoms with Gasteiger partial charge in [-0.3, -0.25) is 4.79 Å². The van der Waals surface area contributed by atoms with Crippen molar-refractivity contribution in [2.24, 2.45) is 0 Å². The molecule has 0 unspecified atom stereocenters. The Morgan fingerprint density at radius 1 is 1.50 bits per heavy atom. The zero-order chi connectivity index (χ0) is 13.4. The Morgan fingerprint density at radius 2 is 2.28 bits per heavy atom. The molecule has 0 aromatic carbocycles. The summed E-state index contributed by atoms with van der Waals surface area (Å²) >= 11 is 1.45. The summed E-state index contributed by atoms with van der Waals surface area (Å²) in [6.07, 6.45) is 2.53. The lowest BCUT2D eigenvalue weighted by molar-refractivity contribution is -0.140. The molecule has 1 rings (SSSR count). The van der Waals surface area contributed by atoms with Gasteiger partial charge in [0.05, 0.1) is 19.9 Å². The first-order valence-electron chi connectivity index (χ1n) is 5.59. The summed E-state index contributed by atoms with van der Waals surface area (Å²) in [4.78, 5) is 29.1. The van der Waals surface area contributed by atoms with E-state index in [0.29, 0.717) is 30.3 Å². The fraction of sp³-hybridized carbons (Fsp3) is 0.545. The number of aromatic amines is 1. The van der Waals surface area contributed by atoms with Crippen LogP contribution in [-0.2, 0) is 14.3 Å². The van der Waals surface area contributed by atoms with Gasteiger partial charge in [0.1, 0.15) is 5.69 Å². The molecule has 0 fully saturated rings. The Morgan fingerprint density at radius 3 is 2.94 bits per heavy atom. The molecule has 18 heavy (non-hydrogen) atoms. The molecule has 0 amide bonds. The Balaban J connectivity index is 2.31. The highest BCUT2D eigenvalue weighted by Crippen LogP contribution is 2.16. The minimum atomic E-state index is -0.411. The van der Waals surface area contributed by atoms with Gasteiger partial charge in [-0.25, -0.2) is 9.78 Å². The molecule has 6 nitrogen and oxygen atoms in total. The lowest BCUT2D eigenvalue weighted by Crippen LogP contribution is -2.04. The standard InChI is InChI=1S/C11H16N2O4S/c1-3-17-10(15)8-7-12-11(13-8)18-6-4-5-9(14)16-2/h7H,3-6H2,1-2H3,(H,12,13). The molecular formula is C11H16N2O4S. The number of thioether (sulfide) groups is 1. The van der Waals surface area contributed by atoms with Gasteiger partial charge in [-0.15, -0.1) is 0 Å². The highest BCUT2D eigenvalue weighted by molar-refractivity contribution is 7.99. The third-order valence-electron chi connectivity index (χ3n) is 2.04. The van der Waals surface area contributed by atoms with E-state index in [9.17, 15) is 9.59 Å². The molecule has 1 aromatic rings. The van der Waals surface area contributed by atoms with Gasteiger partial charge in [0.2, 0.25) is 0 Å². The van der Waals surface area contributed by atoms with Gasteiger partial charge in [0.25, 0.3) is 0 Å². The second kappa shape index (κ2) is 7.75. The quantitative estimate of drug-likeness (QED) is 0.461. The number of nitrogens with one attached hydrogen (secondary N) is 1. The van der Waals surface area contributed by atoms with Crippen LogP contribution < -0.4 is 0 Å². The summed E-state index contributed by atoms with van der Waals surface area (Å²) in [6, 6.07) is 0. The number of imidazole rings is 1. The van der Waals surface area contributed by atoms with E-state index in [-0.39, 0.29) is 5.97 Å². The van der Waals surface area contributed by atoms with Crippen LogP contribution in [0.4, 0.5) is 0 Å². The molecule has 0 atom stereocenters. The van der Waals surface area contributed by atoms with Crippen LogP contribution in [0.25, 0.3) is 0 Å². The van der Waals surface area contributed by atoms with Gasteiger partial charge in [-0.05, 0) is 13.3 Å². The third kappa shape index (κ3) is 4.79. The van der Waals surface area contributed by atoms with Crippen LogP contribution in [-0.4, -0.2) is 41.4 Å². The Kier molecular flexibility index (Phi) is 6.27. The number of rotatable bonds is 7. The fourth-order valence-corrected chi connectivity index (χ4v) is 1.97. The zero-order valence-corrected chi connectivity index (χ0v) is 11.2. The minimum absolute atomic E-state index is 0.220. The van der Waals surface area contributed by atoms with E-state index in [1.807, 2.05) is 0 Å². The number of carbonyl (C=O) groups is 2. The first-order chi connectivity index (χ1) is 8.67. The van der Waals surface area contributed by atoms with Crippen LogP contribution in [0.1, 0.15) is 30.3 Å². The maximum absolute atomic E-state index is 11.4. The van der Waals surface area contributed by atoms with Crippen molar-refractivity contribution in [2.45, 2.75) is 24.9 Å². The van der Waals surface area contributed by atoms with Crippen molar-refractivity contribution < 1.29 is 19.1 Å². The molecule has 0 aliphatic carbocycles.